The van der Waals surface area contributed by atoms with Crippen molar-refractivity contribution in [1.29, 1.82) is 0 Å². The molecule has 0 spiro atoms. The van der Waals surface area contributed by atoms with Gasteiger partial charge in [-0.25, -0.2) is 9.59 Å². The van der Waals surface area contributed by atoms with Gasteiger partial charge in [-0.15, -0.1) is 0 Å². The highest BCUT2D eigenvalue weighted by Crippen LogP contribution is 2.33. The van der Waals surface area contributed by atoms with Crippen LogP contribution in [0.2, 0.25) is 0 Å². The molecule has 0 aliphatic heterocycles. The first-order chi connectivity index (χ1) is 6.58. The first-order valence-corrected chi connectivity index (χ1v) is 4.76. The minimum absolute atomic E-state index is 0.278. The standard InChI is InChI=1S/C9H15NO4/c1-2-3-6-13-8(12)14-7(11)9(10)4-5-9/h2-6,10H2,1H3. The van der Waals surface area contributed by atoms with Crippen molar-refractivity contribution in [2.24, 2.45) is 5.73 Å². The van der Waals surface area contributed by atoms with E-state index in [1.165, 1.54) is 0 Å². The normalized spacial score (nSPS) is 17.3. The van der Waals surface area contributed by atoms with Crippen molar-refractivity contribution in [3.63, 3.8) is 0 Å². The molecule has 14 heavy (non-hydrogen) atoms. The lowest BCUT2D eigenvalue weighted by molar-refractivity contribution is -0.142. The Kier molecular flexibility index (Phi) is 3.46. The zero-order chi connectivity index (χ0) is 10.6. The van der Waals surface area contributed by atoms with Gasteiger partial charge in [0.05, 0.1) is 6.61 Å². The third kappa shape index (κ3) is 2.99. The minimum atomic E-state index is -0.944. The summed E-state index contributed by atoms with van der Waals surface area (Å²) in [5.41, 5.74) is 4.58. The molecule has 1 saturated carbocycles. The molecule has 0 unspecified atom stereocenters. The topological polar surface area (TPSA) is 78.6 Å². The number of hydrogen-bond acceptors (Lipinski definition) is 5. The fourth-order valence-electron chi connectivity index (χ4n) is 0.845. The van der Waals surface area contributed by atoms with Crippen LogP contribution in [0.3, 0.4) is 0 Å². The Balaban J connectivity index is 2.17. The number of carbonyl (C=O) groups excluding carboxylic acids is 2. The Labute approximate surface area is 82.5 Å². The summed E-state index contributed by atoms with van der Waals surface area (Å²) >= 11 is 0. The molecular formula is C9H15NO4. The Bertz CT molecular complexity index is 235. The minimum Gasteiger partial charge on any atom is -0.434 e. The summed E-state index contributed by atoms with van der Waals surface area (Å²) in [6.07, 6.45) is 1.89. The molecule has 0 bridgehead atoms. The van der Waals surface area contributed by atoms with Gasteiger partial charge in [-0.05, 0) is 19.3 Å². The number of ether oxygens (including phenoxy) is 2. The van der Waals surface area contributed by atoms with E-state index in [1.807, 2.05) is 6.92 Å². The van der Waals surface area contributed by atoms with Crippen molar-refractivity contribution in [2.45, 2.75) is 38.1 Å². The summed E-state index contributed by atoms with van der Waals surface area (Å²) in [4.78, 5) is 22.0. The average Bonchev–Trinajstić information content (AvgIpc) is 2.85. The van der Waals surface area contributed by atoms with Gasteiger partial charge in [0.2, 0.25) is 0 Å². The third-order valence-corrected chi connectivity index (χ3v) is 2.09. The second kappa shape index (κ2) is 4.41. The summed E-state index contributed by atoms with van der Waals surface area (Å²) in [5, 5.41) is 0. The Morgan fingerprint density at radius 1 is 1.43 bits per heavy atom. The Morgan fingerprint density at radius 2 is 2.07 bits per heavy atom. The number of carbonyl (C=O) groups is 2. The summed E-state index contributed by atoms with van der Waals surface area (Å²) in [5.74, 6) is -0.681. The van der Waals surface area contributed by atoms with Crippen LogP contribution in [-0.2, 0) is 14.3 Å². The van der Waals surface area contributed by atoms with Gasteiger partial charge in [0.25, 0.3) is 0 Å². The molecule has 2 N–H and O–H groups in total. The smallest absolute Gasteiger partial charge is 0.434 e. The molecule has 1 rings (SSSR count). The predicted octanol–water partition coefficient (Wildman–Crippen LogP) is 0.958. The summed E-state index contributed by atoms with van der Waals surface area (Å²) in [7, 11) is 0. The van der Waals surface area contributed by atoms with E-state index >= 15 is 0 Å². The van der Waals surface area contributed by atoms with Crippen LogP contribution in [0.15, 0.2) is 0 Å². The predicted molar refractivity (Wildman–Crippen MR) is 48.5 cm³/mol. The highest BCUT2D eigenvalue weighted by molar-refractivity contribution is 5.90. The van der Waals surface area contributed by atoms with Gasteiger partial charge in [-0.2, -0.15) is 0 Å². The maximum Gasteiger partial charge on any atom is 0.516 e. The van der Waals surface area contributed by atoms with E-state index < -0.39 is 17.7 Å². The van der Waals surface area contributed by atoms with E-state index in [4.69, 9.17) is 5.73 Å². The molecule has 0 atom stereocenters. The number of rotatable bonds is 4. The quantitative estimate of drug-likeness (QED) is 0.416. The lowest BCUT2D eigenvalue weighted by Crippen LogP contribution is -2.36. The van der Waals surface area contributed by atoms with Gasteiger partial charge in [-0.1, -0.05) is 13.3 Å². The maximum absolute atomic E-state index is 11.1. The van der Waals surface area contributed by atoms with Crippen LogP contribution in [0, 0.1) is 0 Å². The zero-order valence-electron chi connectivity index (χ0n) is 8.25. The van der Waals surface area contributed by atoms with Crippen molar-refractivity contribution in [3.8, 4) is 0 Å². The fourth-order valence-corrected chi connectivity index (χ4v) is 0.845. The second-order valence-electron chi connectivity index (χ2n) is 3.50. The number of nitrogens with two attached hydrogens (primary N) is 1. The van der Waals surface area contributed by atoms with Crippen LogP contribution in [0.25, 0.3) is 0 Å². The summed E-state index contributed by atoms with van der Waals surface area (Å²) in [6, 6.07) is 0. The van der Waals surface area contributed by atoms with Crippen molar-refractivity contribution >= 4 is 12.1 Å². The summed E-state index contributed by atoms with van der Waals surface area (Å²) < 4.78 is 9.04. The maximum atomic E-state index is 11.1. The van der Waals surface area contributed by atoms with E-state index in [2.05, 4.69) is 9.47 Å². The monoisotopic (exact) mass is 201 g/mol. The molecule has 0 aromatic carbocycles. The van der Waals surface area contributed by atoms with Crippen LogP contribution < -0.4 is 5.73 Å². The van der Waals surface area contributed by atoms with Crippen LogP contribution >= 0.6 is 0 Å². The van der Waals surface area contributed by atoms with Gasteiger partial charge < -0.3 is 15.2 Å². The van der Waals surface area contributed by atoms with Crippen LogP contribution in [0.1, 0.15) is 32.6 Å². The first kappa shape index (κ1) is 11.0. The lowest BCUT2D eigenvalue weighted by Gasteiger charge is -2.07. The second-order valence-corrected chi connectivity index (χ2v) is 3.50. The van der Waals surface area contributed by atoms with Gasteiger partial charge in [0.1, 0.15) is 5.54 Å². The molecule has 0 saturated heterocycles. The molecule has 1 aliphatic carbocycles. The van der Waals surface area contributed by atoms with Gasteiger partial charge in [-0.3, -0.25) is 0 Å². The van der Waals surface area contributed by atoms with Crippen LogP contribution in [0.5, 0.6) is 0 Å². The van der Waals surface area contributed by atoms with E-state index in [0.717, 1.165) is 12.8 Å². The van der Waals surface area contributed by atoms with E-state index in [0.29, 0.717) is 12.8 Å². The van der Waals surface area contributed by atoms with E-state index in [9.17, 15) is 9.59 Å². The summed E-state index contributed by atoms with van der Waals surface area (Å²) in [6.45, 7) is 2.25. The molecule has 1 aliphatic rings. The molecular weight excluding hydrogens is 186 g/mol. The molecule has 0 aromatic rings. The average molecular weight is 201 g/mol. The molecule has 0 aromatic heterocycles. The van der Waals surface area contributed by atoms with Crippen LogP contribution in [-0.4, -0.2) is 24.3 Å². The van der Waals surface area contributed by atoms with Gasteiger partial charge >= 0.3 is 12.1 Å². The highest BCUT2D eigenvalue weighted by atomic mass is 16.7. The molecule has 5 nitrogen and oxygen atoms in total. The molecule has 0 heterocycles. The van der Waals surface area contributed by atoms with Gasteiger partial charge in [0.15, 0.2) is 0 Å². The molecule has 80 valence electrons. The fraction of sp³-hybridized carbons (Fsp3) is 0.778. The van der Waals surface area contributed by atoms with Crippen molar-refractivity contribution in [1.82, 2.24) is 0 Å². The molecule has 0 radical (unpaired) electrons. The van der Waals surface area contributed by atoms with Crippen molar-refractivity contribution in [3.05, 3.63) is 0 Å². The Morgan fingerprint density at radius 3 is 2.57 bits per heavy atom. The first-order valence-electron chi connectivity index (χ1n) is 4.76. The van der Waals surface area contributed by atoms with Gasteiger partial charge in [0, 0.05) is 0 Å². The largest absolute Gasteiger partial charge is 0.516 e. The highest BCUT2D eigenvalue weighted by Gasteiger charge is 2.48. The van der Waals surface area contributed by atoms with E-state index in [1.54, 1.807) is 0 Å². The molecule has 1 fully saturated rings. The number of hydrogen-bond donors (Lipinski definition) is 1. The molecule has 0 amide bonds. The van der Waals surface area contributed by atoms with Crippen molar-refractivity contribution < 1.29 is 19.1 Å². The van der Waals surface area contributed by atoms with E-state index in [-0.39, 0.29) is 6.61 Å². The third-order valence-electron chi connectivity index (χ3n) is 2.09. The SMILES string of the molecule is CCCCOC(=O)OC(=O)C1(N)CC1. The van der Waals surface area contributed by atoms with Crippen LogP contribution in [0.4, 0.5) is 4.79 Å². The lowest BCUT2D eigenvalue weighted by atomic mass is 10.3. The zero-order valence-corrected chi connectivity index (χ0v) is 8.25. The molecule has 5 heteroatoms. The van der Waals surface area contributed by atoms with Crippen molar-refractivity contribution in [2.75, 3.05) is 6.61 Å². The Hall–Kier alpha value is -1.10. The number of unbranched alkanes of at least 4 members (excludes halogenated alkanes) is 1. The number of esters is 1.